The fourth-order valence-electron chi connectivity index (χ4n) is 3.15. The molecule has 24 heavy (non-hydrogen) atoms. The fraction of sp³-hybridized carbons (Fsp3) is 0.0476. The number of rotatable bonds is 2. The Bertz CT molecular complexity index is 1130. The smallest absolute Gasteiger partial charge is 0.195 e. The van der Waals surface area contributed by atoms with E-state index < -0.39 is 0 Å². The van der Waals surface area contributed by atoms with E-state index in [4.69, 9.17) is 0 Å². The number of ketones is 1. The summed E-state index contributed by atoms with van der Waals surface area (Å²) < 4.78 is 2.03. The Labute approximate surface area is 139 Å². The molecule has 2 heterocycles. The lowest BCUT2D eigenvalue weighted by atomic mass is 9.97. The monoisotopic (exact) mass is 310 g/mol. The summed E-state index contributed by atoms with van der Waals surface area (Å²) in [7, 11) is 0. The van der Waals surface area contributed by atoms with E-state index in [-0.39, 0.29) is 5.78 Å². The van der Waals surface area contributed by atoms with Crippen LogP contribution in [0.5, 0.6) is 0 Å². The van der Waals surface area contributed by atoms with E-state index in [0.29, 0.717) is 16.7 Å². The number of fused-ring (bicyclic) bond motifs is 3. The maximum absolute atomic E-state index is 13.1. The molecule has 0 saturated heterocycles. The molecule has 2 aromatic carbocycles. The maximum atomic E-state index is 13.1. The first-order valence-corrected chi connectivity index (χ1v) is 7.73. The van der Waals surface area contributed by atoms with Crippen LogP contribution < -0.4 is 0 Å². The van der Waals surface area contributed by atoms with Crippen molar-refractivity contribution in [3.63, 3.8) is 0 Å². The molecular formula is C21H14N2O. The van der Waals surface area contributed by atoms with Gasteiger partial charge in [0.1, 0.15) is 0 Å². The van der Waals surface area contributed by atoms with Gasteiger partial charge in [-0.2, -0.15) is 5.26 Å². The molecule has 0 aliphatic heterocycles. The van der Waals surface area contributed by atoms with E-state index in [0.717, 1.165) is 22.0 Å². The molecule has 4 rings (SSSR count). The van der Waals surface area contributed by atoms with Crippen molar-refractivity contribution in [1.29, 1.82) is 5.26 Å². The van der Waals surface area contributed by atoms with Gasteiger partial charge in [0.15, 0.2) is 5.78 Å². The van der Waals surface area contributed by atoms with Crippen molar-refractivity contribution >= 4 is 22.2 Å². The van der Waals surface area contributed by atoms with E-state index in [9.17, 15) is 10.1 Å². The molecule has 114 valence electrons. The van der Waals surface area contributed by atoms with Crippen molar-refractivity contribution in [2.24, 2.45) is 0 Å². The fourth-order valence-corrected chi connectivity index (χ4v) is 3.15. The van der Waals surface area contributed by atoms with Crippen LogP contribution in [0.15, 0.2) is 66.9 Å². The second-order valence-corrected chi connectivity index (χ2v) is 5.86. The summed E-state index contributed by atoms with van der Waals surface area (Å²) in [6.45, 7) is 2.05. The minimum absolute atomic E-state index is 0.0726. The topological polar surface area (TPSA) is 45.3 Å². The zero-order chi connectivity index (χ0) is 16.7. The number of nitrogens with zero attached hydrogens (tertiary/aromatic N) is 2. The number of pyridine rings is 1. The molecule has 0 aliphatic rings. The molecule has 0 saturated carbocycles. The first-order chi connectivity index (χ1) is 11.7. The number of hydrogen-bond donors (Lipinski definition) is 0. The number of carbonyl (C=O) groups is 1. The minimum Gasteiger partial charge on any atom is -0.316 e. The van der Waals surface area contributed by atoms with Gasteiger partial charge >= 0.3 is 0 Å². The summed E-state index contributed by atoms with van der Waals surface area (Å²) in [5, 5.41) is 10.2. The SMILES string of the molecule is Cc1ccn2c1ccc1cc(C#N)cc(C(=O)c3ccccc3)c12. The van der Waals surface area contributed by atoms with Crippen LogP contribution in [0.1, 0.15) is 27.0 Å². The van der Waals surface area contributed by atoms with Gasteiger partial charge in [-0.15, -0.1) is 0 Å². The quantitative estimate of drug-likeness (QED) is 0.512. The average Bonchev–Trinajstić information content (AvgIpc) is 3.02. The first kappa shape index (κ1) is 14.2. The lowest BCUT2D eigenvalue weighted by molar-refractivity contribution is 0.104. The van der Waals surface area contributed by atoms with Gasteiger partial charge < -0.3 is 4.40 Å². The predicted molar refractivity (Wildman–Crippen MR) is 94.2 cm³/mol. The highest BCUT2D eigenvalue weighted by Crippen LogP contribution is 2.27. The second kappa shape index (κ2) is 5.36. The summed E-state index contributed by atoms with van der Waals surface area (Å²) in [6, 6.07) is 20.9. The van der Waals surface area contributed by atoms with Crippen molar-refractivity contribution in [3.8, 4) is 6.07 Å². The molecule has 0 unspecified atom stereocenters. The molecule has 0 spiro atoms. The van der Waals surface area contributed by atoms with Crippen molar-refractivity contribution in [2.45, 2.75) is 6.92 Å². The molecule has 0 bridgehead atoms. The summed E-state index contributed by atoms with van der Waals surface area (Å²) in [6.07, 6.45) is 1.97. The minimum atomic E-state index is -0.0726. The number of carbonyl (C=O) groups excluding carboxylic acids is 1. The van der Waals surface area contributed by atoms with Gasteiger partial charge in [0.2, 0.25) is 0 Å². The lowest BCUT2D eigenvalue weighted by Crippen LogP contribution is -2.05. The third-order valence-electron chi connectivity index (χ3n) is 4.35. The summed E-state index contributed by atoms with van der Waals surface area (Å²) >= 11 is 0. The van der Waals surface area contributed by atoms with Gasteiger partial charge in [-0.1, -0.05) is 36.4 Å². The molecule has 4 aromatic rings. The van der Waals surface area contributed by atoms with Crippen LogP contribution in [0.3, 0.4) is 0 Å². The highest BCUT2D eigenvalue weighted by molar-refractivity contribution is 6.16. The van der Waals surface area contributed by atoms with Crippen LogP contribution in [-0.4, -0.2) is 10.2 Å². The number of benzene rings is 2. The van der Waals surface area contributed by atoms with Crippen molar-refractivity contribution in [1.82, 2.24) is 4.40 Å². The average molecular weight is 310 g/mol. The van der Waals surface area contributed by atoms with E-state index in [1.54, 1.807) is 18.2 Å². The van der Waals surface area contributed by atoms with Gasteiger partial charge in [0, 0.05) is 28.2 Å². The van der Waals surface area contributed by atoms with Crippen molar-refractivity contribution in [3.05, 3.63) is 89.1 Å². The van der Waals surface area contributed by atoms with Gasteiger partial charge in [-0.05, 0) is 36.8 Å². The third-order valence-corrected chi connectivity index (χ3v) is 4.35. The summed E-state index contributed by atoms with van der Waals surface area (Å²) in [4.78, 5) is 13.1. The second-order valence-electron chi connectivity index (χ2n) is 5.86. The molecule has 2 aromatic heterocycles. The maximum Gasteiger partial charge on any atom is 0.195 e. The normalized spacial score (nSPS) is 10.8. The molecule has 0 atom stereocenters. The highest BCUT2D eigenvalue weighted by atomic mass is 16.1. The zero-order valence-corrected chi connectivity index (χ0v) is 13.2. The van der Waals surface area contributed by atoms with Crippen molar-refractivity contribution < 1.29 is 4.79 Å². The number of aryl methyl sites for hydroxylation is 1. The zero-order valence-electron chi connectivity index (χ0n) is 13.2. The van der Waals surface area contributed by atoms with Crippen molar-refractivity contribution in [2.75, 3.05) is 0 Å². The van der Waals surface area contributed by atoms with E-state index in [1.165, 1.54) is 0 Å². The van der Waals surface area contributed by atoms with Crippen LogP contribution in [0, 0.1) is 18.3 Å². The molecule has 3 heteroatoms. The van der Waals surface area contributed by atoms with Crippen LogP contribution in [-0.2, 0) is 0 Å². The van der Waals surface area contributed by atoms with Gasteiger partial charge in [0.25, 0.3) is 0 Å². The van der Waals surface area contributed by atoms with Crippen LogP contribution in [0.2, 0.25) is 0 Å². The molecule has 0 radical (unpaired) electrons. The number of nitriles is 1. The Balaban J connectivity index is 2.11. The summed E-state index contributed by atoms with van der Waals surface area (Å²) in [5.74, 6) is -0.0726. The standard InChI is InChI=1S/C21H14N2O/c1-14-9-10-23-19(14)8-7-17-11-15(13-22)12-18(20(17)23)21(24)16-5-3-2-4-6-16/h2-12H,1H3. The number of hydrogen-bond acceptors (Lipinski definition) is 2. The van der Waals surface area contributed by atoms with Crippen LogP contribution >= 0.6 is 0 Å². The largest absolute Gasteiger partial charge is 0.316 e. The van der Waals surface area contributed by atoms with E-state index in [1.807, 2.05) is 60.0 Å². The van der Waals surface area contributed by atoms with Gasteiger partial charge in [-0.3, -0.25) is 4.79 Å². The molecule has 0 N–H and O–H groups in total. The lowest BCUT2D eigenvalue weighted by Gasteiger charge is -2.10. The van der Waals surface area contributed by atoms with E-state index in [2.05, 4.69) is 6.07 Å². The molecule has 0 aliphatic carbocycles. The summed E-state index contributed by atoms with van der Waals surface area (Å²) in [5.41, 5.74) is 4.72. The first-order valence-electron chi connectivity index (χ1n) is 7.73. The Morgan fingerprint density at radius 3 is 2.58 bits per heavy atom. The molecule has 0 fully saturated rings. The van der Waals surface area contributed by atoms with Crippen LogP contribution in [0.25, 0.3) is 16.4 Å². The predicted octanol–water partition coefficient (Wildman–Crippen LogP) is 4.50. The Morgan fingerprint density at radius 1 is 1.04 bits per heavy atom. The molecule has 0 amide bonds. The Kier molecular flexibility index (Phi) is 3.18. The van der Waals surface area contributed by atoms with Crippen LogP contribution in [0.4, 0.5) is 0 Å². The highest BCUT2D eigenvalue weighted by Gasteiger charge is 2.16. The third kappa shape index (κ3) is 2.09. The molecule has 3 nitrogen and oxygen atoms in total. The Hall–Kier alpha value is -3.38. The van der Waals surface area contributed by atoms with Gasteiger partial charge in [-0.25, -0.2) is 0 Å². The van der Waals surface area contributed by atoms with Gasteiger partial charge in [0.05, 0.1) is 17.1 Å². The molecular weight excluding hydrogens is 296 g/mol. The van der Waals surface area contributed by atoms with E-state index >= 15 is 0 Å². The number of aromatic nitrogens is 1. The Morgan fingerprint density at radius 2 is 1.83 bits per heavy atom.